The summed E-state index contributed by atoms with van der Waals surface area (Å²) in [6, 6.07) is 5.48. The van der Waals surface area contributed by atoms with E-state index in [9.17, 15) is 4.79 Å². The van der Waals surface area contributed by atoms with Gasteiger partial charge in [-0.1, -0.05) is 0 Å². The number of nitrogens with one attached hydrogen (secondary N) is 1. The second-order valence-electron chi connectivity index (χ2n) is 6.71. The average Bonchev–Trinajstić information content (AvgIpc) is 2.56. The van der Waals surface area contributed by atoms with Crippen molar-refractivity contribution >= 4 is 11.6 Å². The molecule has 1 aliphatic heterocycles. The van der Waals surface area contributed by atoms with Gasteiger partial charge >= 0.3 is 0 Å². The van der Waals surface area contributed by atoms with Crippen LogP contribution in [0.25, 0.3) is 0 Å². The summed E-state index contributed by atoms with van der Waals surface area (Å²) >= 11 is 0. The van der Waals surface area contributed by atoms with Gasteiger partial charge in [-0.3, -0.25) is 4.79 Å². The molecule has 2 aromatic heterocycles. The van der Waals surface area contributed by atoms with Crippen molar-refractivity contribution < 1.29 is 0 Å². The molecule has 0 saturated carbocycles. The van der Waals surface area contributed by atoms with Crippen molar-refractivity contribution in [1.82, 2.24) is 20.0 Å². The molecule has 126 valence electrons. The second kappa shape index (κ2) is 6.22. The Morgan fingerprint density at radius 2 is 2.04 bits per heavy atom. The van der Waals surface area contributed by atoms with Crippen LogP contribution >= 0.6 is 0 Å². The van der Waals surface area contributed by atoms with E-state index in [1.807, 2.05) is 0 Å². The van der Waals surface area contributed by atoms with Gasteiger partial charge in [-0.15, -0.1) is 5.10 Å². The minimum atomic E-state index is -0.0960. The first-order valence-corrected chi connectivity index (χ1v) is 8.58. The van der Waals surface area contributed by atoms with E-state index in [-0.39, 0.29) is 5.56 Å². The highest BCUT2D eigenvalue weighted by atomic mass is 16.1. The van der Waals surface area contributed by atoms with Gasteiger partial charge in [0.15, 0.2) is 5.82 Å². The molecule has 1 N–H and O–H groups in total. The molecule has 0 spiro atoms. The van der Waals surface area contributed by atoms with Crippen molar-refractivity contribution in [2.24, 2.45) is 13.0 Å². The van der Waals surface area contributed by atoms with Gasteiger partial charge in [0.1, 0.15) is 5.82 Å². The fourth-order valence-electron chi connectivity index (χ4n) is 3.36. The lowest BCUT2D eigenvalue weighted by atomic mass is 9.95. The van der Waals surface area contributed by atoms with E-state index in [0.717, 1.165) is 44.1 Å². The highest BCUT2D eigenvalue weighted by Crippen LogP contribution is 2.26. The summed E-state index contributed by atoms with van der Waals surface area (Å²) in [4.78, 5) is 13.6. The van der Waals surface area contributed by atoms with Gasteiger partial charge in [-0.25, -0.2) is 4.68 Å². The Morgan fingerprint density at radius 1 is 1.21 bits per heavy atom. The van der Waals surface area contributed by atoms with E-state index in [2.05, 4.69) is 31.6 Å². The van der Waals surface area contributed by atoms with Crippen LogP contribution in [0.4, 0.5) is 11.6 Å². The zero-order chi connectivity index (χ0) is 16.5. The minimum absolute atomic E-state index is 0.0960. The zero-order valence-electron chi connectivity index (χ0n) is 13.9. The summed E-state index contributed by atoms with van der Waals surface area (Å²) in [7, 11) is 1.66. The van der Waals surface area contributed by atoms with Crippen molar-refractivity contribution in [2.75, 3.05) is 29.9 Å². The number of nitrogens with zero attached hydrogens (tertiary/aromatic N) is 5. The Labute approximate surface area is 140 Å². The van der Waals surface area contributed by atoms with Crippen molar-refractivity contribution in [3.05, 3.63) is 39.8 Å². The lowest BCUT2D eigenvalue weighted by molar-refractivity contribution is 0.424. The third kappa shape index (κ3) is 2.98. The smallest absolute Gasteiger partial charge is 0.266 e. The van der Waals surface area contributed by atoms with Crippen LogP contribution in [0.5, 0.6) is 0 Å². The van der Waals surface area contributed by atoms with Crippen molar-refractivity contribution in [3.8, 4) is 0 Å². The second-order valence-corrected chi connectivity index (χ2v) is 6.71. The monoisotopic (exact) mass is 326 g/mol. The average molecular weight is 326 g/mol. The van der Waals surface area contributed by atoms with E-state index < -0.39 is 0 Å². The first kappa shape index (κ1) is 15.1. The van der Waals surface area contributed by atoms with Crippen LogP contribution in [0, 0.1) is 5.92 Å². The fourth-order valence-corrected chi connectivity index (χ4v) is 3.36. The van der Waals surface area contributed by atoms with E-state index in [1.165, 1.54) is 34.8 Å². The summed E-state index contributed by atoms with van der Waals surface area (Å²) < 4.78 is 1.35. The molecule has 1 saturated heterocycles. The van der Waals surface area contributed by atoms with E-state index >= 15 is 0 Å². The summed E-state index contributed by atoms with van der Waals surface area (Å²) in [5.41, 5.74) is 2.47. The third-order valence-corrected chi connectivity index (χ3v) is 4.87. The first-order valence-electron chi connectivity index (χ1n) is 8.58. The Hall–Kier alpha value is -2.44. The van der Waals surface area contributed by atoms with Gasteiger partial charge in [-0.05, 0) is 43.4 Å². The van der Waals surface area contributed by atoms with Crippen LogP contribution < -0.4 is 15.8 Å². The number of fused-ring (bicyclic) bond motifs is 1. The van der Waals surface area contributed by atoms with Gasteiger partial charge < -0.3 is 10.2 Å². The highest BCUT2D eigenvalue weighted by molar-refractivity contribution is 5.45. The summed E-state index contributed by atoms with van der Waals surface area (Å²) in [6.07, 6.45) is 4.70. The van der Waals surface area contributed by atoms with Gasteiger partial charge in [0, 0.05) is 38.7 Å². The van der Waals surface area contributed by atoms with Crippen LogP contribution in [0.3, 0.4) is 0 Å². The van der Waals surface area contributed by atoms with E-state index in [4.69, 9.17) is 0 Å². The van der Waals surface area contributed by atoms with Crippen LogP contribution in [0.1, 0.15) is 24.1 Å². The molecule has 3 heterocycles. The van der Waals surface area contributed by atoms with Gasteiger partial charge in [0.05, 0.1) is 5.69 Å². The lowest BCUT2D eigenvalue weighted by Crippen LogP contribution is -2.50. The predicted octanol–water partition coefficient (Wildman–Crippen LogP) is 0.997. The number of anilines is 2. The third-order valence-electron chi connectivity index (χ3n) is 4.87. The summed E-state index contributed by atoms with van der Waals surface area (Å²) in [5.74, 6) is 2.30. The normalized spacial score (nSPS) is 17.3. The summed E-state index contributed by atoms with van der Waals surface area (Å²) in [5, 5.41) is 16.3. The van der Waals surface area contributed by atoms with Crippen molar-refractivity contribution in [3.63, 3.8) is 0 Å². The molecule has 7 nitrogen and oxygen atoms in total. The van der Waals surface area contributed by atoms with Crippen LogP contribution in [0.2, 0.25) is 0 Å². The topological polar surface area (TPSA) is 75.9 Å². The number of aryl methyl sites for hydroxylation is 3. The molecule has 0 bridgehead atoms. The molecule has 0 atom stereocenters. The Balaban J connectivity index is 1.31. The fraction of sp³-hybridized carbons (Fsp3) is 0.529. The molecule has 1 fully saturated rings. The Kier molecular flexibility index (Phi) is 3.92. The number of aromatic nitrogens is 4. The molecule has 2 aliphatic rings. The molecule has 7 heteroatoms. The maximum absolute atomic E-state index is 11.3. The minimum Gasteiger partial charge on any atom is -0.368 e. The Bertz CT molecular complexity index is 796. The van der Waals surface area contributed by atoms with Gasteiger partial charge in [0.2, 0.25) is 0 Å². The highest BCUT2D eigenvalue weighted by Gasteiger charge is 2.28. The maximum atomic E-state index is 11.3. The largest absolute Gasteiger partial charge is 0.368 e. The molecule has 24 heavy (non-hydrogen) atoms. The molecule has 0 aromatic carbocycles. The molecule has 1 aliphatic carbocycles. The van der Waals surface area contributed by atoms with Crippen LogP contribution in [-0.2, 0) is 19.9 Å². The number of hydrogen-bond donors (Lipinski definition) is 1. The number of rotatable bonds is 4. The molecular formula is C17H22N6O. The van der Waals surface area contributed by atoms with E-state index in [0.29, 0.717) is 5.92 Å². The van der Waals surface area contributed by atoms with Crippen LogP contribution in [0.15, 0.2) is 23.0 Å². The molecular weight excluding hydrogens is 304 g/mol. The molecule has 2 aromatic rings. The van der Waals surface area contributed by atoms with Crippen molar-refractivity contribution in [2.45, 2.75) is 25.7 Å². The Morgan fingerprint density at radius 3 is 2.88 bits per heavy atom. The SMILES string of the molecule is Cn1nc(NCC2CN(c3cc4c(nn3)CCCC4)C2)ccc1=O. The van der Waals surface area contributed by atoms with Gasteiger partial charge in [-0.2, -0.15) is 10.2 Å². The molecule has 0 unspecified atom stereocenters. The van der Waals surface area contributed by atoms with E-state index in [1.54, 1.807) is 13.1 Å². The predicted molar refractivity (Wildman–Crippen MR) is 92.3 cm³/mol. The molecule has 0 radical (unpaired) electrons. The first-order chi connectivity index (χ1) is 11.7. The quantitative estimate of drug-likeness (QED) is 0.903. The standard InChI is InChI=1S/C17H22N6O/c1-22-17(24)7-6-15(21-22)18-9-12-10-23(11-12)16-8-13-4-2-3-5-14(13)19-20-16/h6-8,12H,2-5,9-11H2,1H3,(H,18,21). The zero-order valence-corrected chi connectivity index (χ0v) is 13.9. The molecule has 0 amide bonds. The summed E-state index contributed by atoms with van der Waals surface area (Å²) in [6.45, 7) is 2.80. The van der Waals surface area contributed by atoms with Crippen LogP contribution in [-0.4, -0.2) is 39.6 Å². The maximum Gasteiger partial charge on any atom is 0.266 e. The number of hydrogen-bond acceptors (Lipinski definition) is 6. The van der Waals surface area contributed by atoms with Crippen molar-refractivity contribution in [1.29, 1.82) is 0 Å². The molecule has 4 rings (SSSR count). The lowest BCUT2D eigenvalue weighted by Gasteiger charge is -2.40. The van der Waals surface area contributed by atoms with Gasteiger partial charge in [0.25, 0.3) is 5.56 Å².